The second kappa shape index (κ2) is 11.4. The van der Waals surface area contributed by atoms with E-state index >= 15 is 0 Å². The van der Waals surface area contributed by atoms with Gasteiger partial charge in [0.2, 0.25) is 0 Å². The van der Waals surface area contributed by atoms with Gasteiger partial charge in [-0.05, 0) is 48.2 Å². The standard InChI is InChI=1S/C29H27Cl2FN2O4/c30-18-13-14-21(22(31)15-18)27-26(28(36)33-38-16-17-7-1-4-10-23(17)32)19-8-2-3-9-20(19)29(37)34(27)24-11-5-6-12-25(24)35/h1-4,7-10,13-15,24-27,35H,5-6,11-12,16H2,(H,33,36)/t24-,25+,26-,27+/m1/s1. The molecule has 9 heteroatoms. The van der Waals surface area contributed by atoms with Crippen molar-refractivity contribution in [3.8, 4) is 0 Å². The first-order valence-corrected chi connectivity index (χ1v) is 13.3. The maximum Gasteiger partial charge on any atom is 0.255 e. The van der Waals surface area contributed by atoms with E-state index in [1.807, 2.05) is 0 Å². The summed E-state index contributed by atoms with van der Waals surface area (Å²) in [5, 5.41) is 11.7. The third-order valence-electron chi connectivity index (χ3n) is 7.35. The molecular formula is C29H27Cl2FN2O4. The number of halogens is 3. The van der Waals surface area contributed by atoms with Crippen LogP contribution in [0.5, 0.6) is 0 Å². The summed E-state index contributed by atoms with van der Waals surface area (Å²) < 4.78 is 14.1. The topological polar surface area (TPSA) is 78.9 Å². The zero-order valence-electron chi connectivity index (χ0n) is 20.4. The van der Waals surface area contributed by atoms with Gasteiger partial charge in [0.15, 0.2) is 0 Å². The minimum Gasteiger partial charge on any atom is -0.391 e. The summed E-state index contributed by atoms with van der Waals surface area (Å²) in [6.45, 7) is -0.177. The van der Waals surface area contributed by atoms with Gasteiger partial charge in [-0.25, -0.2) is 9.87 Å². The lowest BCUT2D eigenvalue weighted by Gasteiger charge is -2.48. The van der Waals surface area contributed by atoms with E-state index in [1.165, 1.54) is 6.07 Å². The number of nitrogens with zero attached hydrogens (tertiary/aromatic N) is 1. The fourth-order valence-corrected chi connectivity index (χ4v) is 6.07. The number of amides is 2. The summed E-state index contributed by atoms with van der Waals surface area (Å²) >= 11 is 12.8. The lowest BCUT2D eigenvalue weighted by atomic mass is 9.77. The van der Waals surface area contributed by atoms with Gasteiger partial charge in [0.25, 0.3) is 11.8 Å². The maximum absolute atomic E-state index is 14.1. The van der Waals surface area contributed by atoms with Crippen LogP contribution in [0, 0.1) is 5.82 Å². The Balaban J connectivity index is 1.57. The van der Waals surface area contributed by atoms with Gasteiger partial charge >= 0.3 is 0 Å². The van der Waals surface area contributed by atoms with E-state index in [1.54, 1.807) is 65.6 Å². The number of hydrogen-bond acceptors (Lipinski definition) is 4. The molecule has 5 rings (SSSR count). The van der Waals surface area contributed by atoms with Crippen molar-refractivity contribution in [3.05, 3.63) is 105 Å². The van der Waals surface area contributed by atoms with Crippen molar-refractivity contribution in [3.63, 3.8) is 0 Å². The molecule has 198 valence electrons. The van der Waals surface area contributed by atoms with Crippen molar-refractivity contribution < 1.29 is 23.9 Å². The number of fused-ring (bicyclic) bond motifs is 1. The van der Waals surface area contributed by atoms with Gasteiger partial charge in [0, 0.05) is 21.2 Å². The van der Waals surface area contributed by atoms with E-state index in [-0.39, 0.29) is 18.1 Å². The van der Waals surface area contributed by atoms with Crippen LogP contribution in [0.15, 0.2) is 66.7 Å². The van der Waals surface area contributed by atoms with Crippen LogP contribution in [0.4, 0.5) is 4.39 Å². The Labute approximate surface area is 230 Å². The van der Waals surface area contributed by atoms with Gasteiger partial charge < -0.3 is 10.0 Å². The van der Waals surface area contributed by atoms with Crippen LogP contribution in [0.2, 0.25) is 10.0 Å². The van der Waals surface area contributed by atoms with Gasteiger partial charge in [0.05, 0.1) is 24.1 Å². The average molecular weight is 557 g/mol. The zero-order chi connectivity index (χ0) is 26.8. The highest BCUT2D eigenvalue weighted by molar-refractivity contribution is 6.35. The number of hydrogen-bond donors (Lipinski definition) is 2. The Morgan fingerprint density at radius 3 is 2.53 bits per heavy atom. The lowest BCUT2D eigenvalue weighted by Crippen LogP contribution is -2.55. The van der Waals surface area contributed by atoms with Crippen LogP contribution in [0.3, 0.4) is 0 Å². The van der Waals surface area contributed by atoms with E-state index in [0.717, 1.165) is 12.8 Å². The molecule has 1 saturated carbocycles. The SMILES string of the molecule is O=C(NOCc1ccccc1F)[C@@H]1c2ccccc2C(=O)N([C@@H]2CCCC[C@@H]2O)[C@H]1c1ccc(Cl)cc1Cl. The van der Waals surface area contributed by atoms with E-state index < -0.39 is 35.8 Å². The first-order valence-electron chi connectivity index (χ1n) is 12.6. The third kappa shape index (κ3) is 5.16. The summed E-state index contributed by atoms with van der Waals surface area (Å²) in [4.78, 5) is 34.8. The zero-order valence-corrected chi connectivity index (χ0v) is 22.0. The number of carbonyl (C=O) groups is 2. The van der Waals surface area contributed by atoms with Gasteiger partial charge in [-0.2, -0.15) is 0 Å². The predicted molar refractivity (Wildman–Crippen MR) is 142 cm³/mol. The van der Waals surface area contributed by atoms with Crippen LogP contribution in [0.25, 0.3) is 0 Å². The summed E-state index contributed by atoms with van der Waals surface area (Å²) in [6.07, 6.45) is 2.11. The third-order valence-corrected chi connectivity index (χ3v) is 7.91. The van der Waals surface area contributed by atoms with Crippen molar-refractivity contribution in [1.82, 2.24) is 10.4 Å². The Hall–Kier alpha value is -2.97. The highest BCUT2D eigenvalue weighted by Crippen LogP contribution is 2.47. The number of carbonyl (C=O) groups excluding carboxylic acids is 2. The first-order chi connectivity index (χ1) is 18.4. The highest BCUT2D eigenvalue weighted by Gasteiger charge is 2.49. The largest absolute Gasteiger partial charge is 0.391 e. The van der Waals surface area contributed by atoms with Crippen molar-refractivity contribution in [2.24, 2.45) is 0 Å². The second-order valence-corrected chi connectivity index (χ2v) is 10.5. The summed E-state index contributed by atoms with van der Waals surface area (Å²) in [5.74, 6) is -2.16. The molecule has 38 heavy (non-hydrogen) atoms. The van der Waals surface area contributed by atoms with Crippen LogP contribution in [0.1, 0.15) is 64.7 Å². The molecule has 0 bridgehead atoms. The van der Waals surface area contributed by atoms with E-state index in [0.29, 0.717) is 39.6 Å². The number of benzene rings is 3. The summed E-state index contributed by atoms with van der Waals surface area (Å²) in [7, 11) is 0. The Morgan fingerprint density at radius 2 is 1.76 bits per heavy atom. The summed E-state index contributed by atoms with van der Waals surface area (Å²) in [5.41, 5.74) is 4.19. The molecule has 3 aromatic carbocycles. The maximum atomic E-state index is 14.1. The average Bonchev–Trinajstić information content (AvgIpc) is 2.90. The van der Waals surface area contributed by atoms with Gasteiger partial charge in [-0.1, -0.05) is 78.5 Å². The van der Waals surface area contributed by atoms with Gasteiger partial charge in [0.1, 0.15) is 12.4 Å². The first kappa shape index (κ1) is 26.6. The van der Waals surface area contributed by atoms with Crippen molar-refractivity contribution >= 4 is 35.0 Å². The predicted octanol–water partition coefficient (Wildman–Crippen LogP) is 5.96. The Morgan fingerprint density at radius 1 is 1.03 bits per heavy atom. The molecule has 2 amide bonds. The fraction of sp³-hybridized carbons (Fsp3) is 0.310. The van der Waals surface area contributed by atoms with E-state index in [9.17, 15) is 19.1 Å². The van der Waals surface area contributed by atoms with E-state index in [4.69, 9.17) is 28.0 Å². The van der Waals surface area contributed by atoms with E-state index in [2.05, 4.69) is 5.48 Å². The molecule has 4 atom stereocenters. The lowest BCUT2D eigenvalue weighted by molar-refractivity contribution is -0.138. The molecule has 0 radical (unpaired) electrons. The minimum atomic E-state index is -0.919. The molecule has 6 nitrogen and oxygen atoms in total. The summed E-state index contributed by atoms with van der Waals surface area (Å²) in [6, 6.07) is 16.7. The molecule has 0 saturated heterocycles. The fourth-order valence-electron chi connectivity index (χ4n) is 5.55. The van der Waals surface area contributed by atoms with Crippen molar-refractivity contribution in [1.29, 1.82) is 0 Å². The number of rotatable bonds is 6. The van der Waals surface area contributed by atoms with Crippen LogP contribution >= 0.6 is 23.2 Å². The molecule has 0 unspecified atom stereocenters. The monoisotopic (exact) mass is 556 g/mol. The number of aliphatic hydroxyl groups is 1. The molecule has 3 aromatic rings. The molecule has 1 aliphatic carbocycles. The van der Waals surface area contributed by atoms with Crippen LogP contribution < -0.4 is 5.48 Å². The Bertz CT molecular complexity index is 1350. The molecule has 1 aliphatic heterocycles. The number of aliphatic hydroxyl groups excluding tert-OH is 1. The van der Waals surface area contributed by atoms with Crippen LogP contribution in [-0.4, -0.2) is 34.0 Å². The molecule has 2 aliphatic rings. The van der Waals surface area contributed by atoms with Gasteiger partial charge in [-0.15, -0.1) is 0 Å². The molecule has 1 fully saturated rings. The molecular weight excluding hydrogens is 530 g/mol. The molecule has 0 aromatic heterocycles. The molecule has 0 spiro atoms. The highest BCUT2D eigenvalue weighted by atomic mass is 35.5. The number of hydroxylamine groups is 1. The minimum absolute atomic E-state index is 0.177. The van der Waals surface area contributed by atoms with Crippen molar-refractivity contribution in [2.45, 2.75) is 56.4 Å². The second-order valence-electron chi connectivity index (χ2n) is 9.65. The smallest absolute Gasteiger partial charge is 0.255 e. The quantitative estimate of drug-likeness (QED) is 0.367. The van der Waals surface area contributed by atoms with Crippen LogP contribution in [-0.2, 0) is 16.2 Å². The van der Waals surface area contributed by atoms with Gasteiger partial charge in [-0.3, -0.25) is 14.4 Å². The number of nitrogens with one attached hydrogen (secondary N) is 1. The van der Waals surface area contributed by atoms with Crippen molar-refractivity contribution in [2.75, 3.05) is 0 Å². The normalized spacial score (nSPS) is 23.2. The Kier molecular flexibility index (Phi) is 8.00. The molecule has 2 N–H and O–H groups in total. The molecule has 1 heterocycles.